The molecule has 35 heavy (non-hydrogen) atoms. The first-order valence-electron chi connectivity index (χ1n) is 10.9. The third-order valence-electron chi connectivity index (χ3n) is 5.49. The smallest absolute Gasteiger partial charge is 0.326 e. The molecule has 1 aliphatic heterocycles. The van der Waals surface area contributed by atoms with Crippen molar-refractivity contribution >= 4 is 35.6 Å². The lowest BCUT2D eigenvalue weighted by Crippen LogP contribution is -2.58. The van der Waals surface area contributed by atoms with Gasteiger partial charge in [-0.3, -0.25) is 24.0 Å². The highest BCUT2D eigenvalue weighted by atomic mass is 16.4. The van der Waals surface area contributed by atoms with Gasteiger partial charge in [0.2, 0.25) is 23.6 Å². The topological polar surface area (TPSA) is 222 Å². The SMILES string of the molecule is NC(=O)CC(N)C(=O)NC(Cc1ccccc1)C(=O)NC(CC(=O)O)C(=O)N1CCCC1C(=O)O. The summed E-state index contributed by atoms with van der Waals surface area (Å²) in [5.74, 6) is -6.00. The highest BCUT2D eigenvalue weighted by molar-refractivity contribution is 5.96. The van der Waals surface area contributed by atoms with E-state index in [4.69, 9.17) is 11.5 Å². The van der Waals surface area contributed by atoms with Crippen molar-refractivity contribution in [1.29, 1.82) is 0 Å². The van der Waals surface area contributed by atoms with Crippen molar-refractivity contribution in [1.82, 2.24) is 15.5 Å². The zero-order valence-electron chi connectivity index (χ0n) is 18.9. The predicted molar refractivity (Wildman–Crippen MR) is 120 cm³/mol. The molecule has 0 radical (unpaired) electrons. The van der Waals surface area contributed by atoms with Gasteiger partial charge in [0, 0.05) is 13.0 Å². The van der Waals surface area contributed by atoms with E-state index in [9.17, 15) is 39.0 Å². The summed E-state index contributed by atoms with van der Waals surface area (Å²) in [6.07, 6.45) is -0.658. The monoisotopic (exact) mass is 491 g/mol. The number of primary amides is 1. The second-order valence-electron chi connectivity index (χ2n) is 8.21. The maximum atomic E-state index is 13.1. The Kier molecular flexibility index (Phi) is 9.70. The summed E-state index contributed by atoms with van der Waals surface area (Å²) in [6, 6.07) is 3.27. The lowest BCUT2D eigenvalue weighted by Gasteiger charge is -2.28. The van der Waals surface area contributed by atoms with Crippen molar-refractivity contribution in [2.45, 2.75) is 56.3 Å². The Balaban J connectivity index is 2.24. The molecule has 13 heteroatoms. The van der Waals surface area contributed by atoms with Gasteiger partial charge < -0.3 is 37.2 Å². The van der Waals surface area contributed by atoms with Crippen LogP contribution in [0.3, 0.4) is 0 Å². The molecular weight excluding hydrogens is 462 g/mol. The molecule has 4 atom stereocenters. The van der Waals surface area contributed by atoms with Crippen LogP contribution in [0.1, 0.15) is 31.2 Å². The quantitative estimate of drug-likeness (QED) is 0.189. The number of amides is 4. The van der Waals surface area contributed by atoms with Crippen molar-refractivity contribution in [3.8, 4) is 0 Å². The lowest BCUT2D eigenvalue weighted by atomic mass is 10.0. The molecule has 13 nitrogen and oxygen atoms in total. The van der Waals surface area contributed by atoms with Gasteiger partial charge in [0.1, 0.15) is 18.1 Å². The van der Waals surface area contributed by atoms with E-state index < -0.39 is 72.6 Å². The maximum absolute atomic E-state index is 13.1. The summed E-state index contributed by atoms with van der Waals surface area (Å²) in [4.78, 5) is 73.5. The van der Waals surface area contributed by atoms with Crippen molar-refractivity contribution in [3.05, 3.63) is 35.9 Å². The molecule has 1 heterocycles. The second kappa shape index (κ2) is 12.5. The predicted octanol–water partition coefficient (Wildman–Crippen LogP) is -2.05. The van der Waals surface area contributed by atoms with Gasteiger partial charge in [-0.15, -0.1) is 0 Å². The molecule has 0 bridgehead atoms. The molecule has 0 aliphatic carbocycles. The van der Waals surface area contributed by atoms with Crippen molar-refractivity contribution in [2.24, 2.45) is 11.5 Å². The van der Waals surface area contributed by atoms with E-state index in [0.29, 0.717) is 12.0 Å². The van der Waals surface area contributed by atoms with Crippen molar-refractivity contribution < 1.29 is 39.0 Å². The summed E-state index contributed by atoms with van der Waals surface area (Å²) in [6.45, 7) is 0.105. The summed E-state index contributed by atoms with van der Waals surface area (Å²) in [7, 11) is 0. The van der Waals surface area contributed by atoms with Gasteiger partial charge >= 0.3 is 11.9 Å². The number of hydrogen-bond acceptors (Lipinski definition) is 7. The van der Waals surface area contributed by atoms with E-state index in [2.05, 4.69) is 10.6 Å². The number of benzene rings is 1. The third kappa shape index (κ3) is 8.07. The van der Waals surface area contributed by atoms with Crippen LogP contribution >= 0.6 is 0 Å². The van der Waals surface area contributed by atoms with E-state index in [-0.39, 0.29) is 19.4 Å². The van der Waals surface area contributed by atoms with Crippen LogP contribution in [0.25, 0.3) is 0 Å². The average molecular weight is 492 g/mol. The van der Waals surface area contributed by atoms with Crippen LogP contribution in [-0.4, -0.2) is 81.4 Å². The summed E-state index contributed by atoms with van der Waals surface area (Å²) < 4.78 is 0. The van der Waals surface area contributed by atoms with Crippen LogP contribution in [0.2, 0.25) is 0 Å². The minimum absolute atomic E-state index is 0.0306. The van der Waals surface area contributed by atoms with Crippen LogP contribution < -0.4 is 22.1 Å². The Bertz CT molecular complexity index is 970. The van der Waals surface area contributed by atoms with Gasteiger partial charge in [0.05, 0.1) is 18.9 Å². The summed E-state index contributed by atoms with van der Waals surface area (Å²) in [5, 5.41) is 23.4. The molecule has 0 aromatic heterocycles. The molecule has 1 saturated heterocycles. The summed E-state index contributed by atoms with van der Waals surface area (Å²) >= 11 is 0. The number of carbonyl (C=O) groups is 6. The molecule has 2 rings (SSSR count). The molecule has 190 valence electrons. The van der Waals surface area contributed by atoms with E-state index in [1.54, 1.807) is 30.3 Å². The first-order chi connectivity index (χ1) is 16.5. The van der Waals surface area contributed by atoms with Gasteiger partial charge in [-0.2, -0.15) is 0 Å². The van der Waals surface area contributed by atoms with Crippen LogP contribution in [0.15, 0.2) is 30.3 Å². The van der Waals surface area contributed by atoms with Gasteiger partial charge in [-0.25, -0.2) is 4.79 Å². The Labute approximate surface area is 200 Å². The van der Waals surface area contributed by atoms with E-state index in [1.165, 1.54) is 0 Å². The van der Waals surface area contributed by atoms with Crippen LogP contribution in [0.4, 0.5) is 0 Å². The maximum Gasteiger partial charge on any atom is 0.326 e. The molecular formula is C22H29N5O8. The van der Waals surface area contributed by atoms with Gasteiger partial charge in [0.15, 0.2) is 0 Å². The molecule has 4 unspecified atom stereocenters. The molecule has 1 fully saturated rings. The number of rotatable bonds is 12. The zero-order valence-corrected chi connectivity index (χ0v) is 18.9. The standard InChI is InChI=1S/C22H29N5O8/c23-13(10-17(24)28)19(31)25-14(9-12-5-2-1-3-6-12)20(32)26-15(11-18(29)30)21(33)27-8-4-7-16(27)22(34)35/h1-3,5-6,13-16H,4,7-11,23H2,(H2,24,28)(H,25,31)(H,26,32)(H,29,30)(H,34,35). The number of likely N-dealkylation sites (tertiary alicyclic amines) is 1. The molecule has 1 aromatic carbocycles. The highest BCUT2D eigenvalue weighted by Crippen LogP contribution is 2.19. The lowest BCUT2D eigenvalue weighted by molar-refractivity contribution is -0.150. The van der Waals surface area contributed by atoms with E-state index in [1.807, 2.05) is 0 Å². The minimum atomic E-state index is -1.56. The fraction of sp³-hybridized carbons (Fsp3) is 0.455. The number of carbonyl (C=O) groups excluding carboxylic acids is 4. The Morgan fingerprint density at radius 1 is 0.971 bits per heavy atom. The number of nitrogens with two attached hydrogens (primary N) is 2. The average Bonchev–Trinajstić information content (AvgIpc) is 3.28. The van der Waals surface area contributed by atoms with E-state index >= 15 is 0 Å². The van der Waals surface area contributed by atoms with E-state index in [0.717, 1.165) is 4.90 Å². The third-order valence-corrected chi connectivity index (χ3v) is 5.49. The highest BCUT2D eigenvalue weighted by Gasteiger charge is 2.39. The van der Waals surface area contributed by atoms with Crippen molar-refractivity contribution in [3.63, 3.8) is 0 Å². The molecule has 1 aromatic rings. The van der Waals surface area contributed by atoms with Crippen molar-refractivity contribution in [2.75, 3.05) is 6.54 Å². The largest absolute Gasteiger partial charge is 0.481 e. The van der Waals surface area contributed by atoms with Crippen LogP contribution in [0, 0.1) is 0 Å². The number of carboxylic acid groups (broad SMARTS) is 2. The first-order valence-corrected chi connectivity index (χ1v) is 10.9. The van der Waals surface area contributed by atoms with Crippen LogP contribution in [0.5, 0.6) is 0 Å². The first kappa shape index (κ1) is 27.2. The van der Waals surface area contributed by atoms with Gasteiger partial charge in [-0.1, -0.05) is 30.3 Å². The zero-order chi connectivity index (χ0) is 26.1. The Hall–Kier alpha value is -4.00. The molecule has 0 spiro atoms. The molecule has 8 N–H and O–H groups in total. The number of nitrogens with one attached hydrogen (secondary N) is 2. The van der Waals surface area contributed by atoms with Gasteiger partial charge in [0.25, 0.3) is 0 Å². The number of hydrogen-bond donors (Lipinski definition) is 6. The fourth-order valence-corrected chi connectivity index (χ4v) is 3.78. The minimum Gasteiger partial charge on any atom is -0.481 e. The van der Waals surface area contributed by atoms with Gasteiger partial charge in [-0.05, 0) is 18.4 Å². The fourth-order valence-electron chi connectivity index (χ4n) is 3.78. The Morgan fingerprint density at radius 2 is 1.60 bits per heavy atom. The number of aliphatic carboxylic acids is 2. The van der Waals surface area contributed by atoms with Crippen LogP contribution in [-0.2, 0) is 35.2 Å². The second-order valence-corrected chi connectivity index (χ2v) is 8.21. The molecule has 1 aliphatic rings. The molecule has 4 amide bonds. The normalized spacial score (nSPS) is 17.6. The summed E-state index contributed by atoms with van der Waals surface area (Å²) in [5.41, 5.74) is 11.4. The number of nitrogens with zero attached hydrogens (tertiary/aromatic N) is 1. The molecule has 0 saturated carbocycles. The number of carboxylic acids is 2. The Morgan fingerprint density at radius 3 is 2.17 bits per heavy atom.